The minimum atomic E-state index is 0.0407. The summed E-state index contributed by atoms with van der Waals surface area (Å²) < 4.78 is 0. The Morgan fingerprint density at radius 3 is 1.55 bits per heavy atom. The number of hydrogen-bond donors (Lipinski definition) is 1. The number of hydrogen-bond acceptors (Lipinski definition) is 1. The topological polar surface area (TPSA) is 29.1 Å². The summed E-state index contributed by atoms with van der Waals surface area (Å²) in [5.41, 5.74) is 0.0407. The summed E-state index contributed by atoms with van der Waals surface area (Å²) in [6.45, 7) is 10.6. The quantitative estimate of drug-likeness (QED) is 0.798. The number of carbonyl (C=O) groups is 1. The molecule has 2 nitrogen and oxygen atoms in total. The Hall–Kier alpha value is -0.530. The van der Waals surface area contributed by atoms with Crippen molar-refractivity contribution >= 4 is 5.91 Å². The van der Waals surface area contributed by atoms with Crippen LogP contribution in [0.5, 0.6) is 0 Å². The highest BCUT2D eigenvalue weighted by molar-refractivity contribution is 5.83. The normalized spacial score (nSPS) is 37.9. The minimum absolute atomic E-state index is 0.0407. The molecule has 4 saturated carbocycles. The van der Waals surface area contributed by atoms with Crippen molar-refractivity contribution in [1.29, 1.82) is 0 Å². The fourth-order valence-electron chi connectivity index (χ4n) is 4.80. The molecule has 4 aliphatic rings. The molecule has 4 aliphatic carbocycles. The van der Waals surface area contributed by atoms with E-state index >= 15 is 0 Å². The largest absolute Gasteiger partial charge is 0.353 e. The molecule has 1 N–H and O–H groups in total. The van der Waals surface area contributed by atoms with Gasteiger partial charge in [-0.05, 0) is 76.0 Å². The zero-order valence-corrected chi connectivity index (χ0v) is 14.0. The maximum Gasteiger partial charge on any atom is 0.226 e. The Morgan fingerprint density at radius 1 is 0.900 bits per heavy atom. The molecular weight excluding hydrogens is 246 g/mol. The number of carbonyl (C=O) groups excluding carboxylic acids is 1. The van der Waals surface area contributed by atoms with Gasteiger partial charge in [0.2, 0.25) is 5.91 Å². The monoisotopic (exact) mass is 279 g/mol. The molecule has 0 atom stereocenters. The van der Waals surface area contributed by atoms with Crippen molar-refractivity contribution in [3.05, 3.63) is 0 Å². The van der Waals surface area contributed by atoms with Gasteiger partial charge in [-0.25, -0.2) is 0 Å². The molecule has 0 aromatic heterocycles. The van der Waals surface area contributed by atoms with Gasteiger partial charge in [-0.1, -0.05) is 20.8 Å². The summed E-state index contributed by atoms with van der Waals surface area (Å²) in [7, 11) is 0. The third kappa shape index (κ3) is 3.56. The van der Waals surface area contributed by atoms with Gasteiger partial charge in [-0.2, -0.15) is 0 Å². The molecule has 2 heteroatoms. The molecule has 0 aliphatic heterocycles. The van der Waals surface area contributed by atoms with Crippen LogP contribution in [0.3, 0.4) is 0 Å². The summed E-state index contributed by atoms with van der Waals surface area (Å²) in [4.78, 5) is 12.4. The maximum atomic E-state index is 12.4. The summed E-state index contributed by atoms with van der Waals surface area (Å²) in [6.07, 6.45) is 7.77. The van der Waals surface area contributed by atoms with Crippen LogP contribution in [0.4, 0.5) is 0 Å². The van der Waals surface area contributed by atoms with Crippen molar-refractivity contribution in [3.8, 4) is 0 Å². The van der Waals surface area contributed by atoms with Crippen molar-refractivity contribution in [3.63, 3.8) is 0 Å². The Morgan fingerprint density at radius 2 is 1.25 bits per heavy atom. The van der Waals surface area contributed by atoms with E-state index in [9.17, 15) is 4.79 Å². The fraction of sp³-hybridized carbons (Fsp3) is 0.944. The molecule has 0 radical (unpaired) electrons. The zero-order valence-electron chi connectivity index (χ0n) is 14.0. The molecule has 0 spiro atoms. The Kier molecular flexibility index (Phi) is 4.81. The van der Waals surface area contributed by atoms with Crippen LogP contribution in [-0.4, -0.2) is 11.9 Å². The van der Waals surface area contributed by atoms with Crippen LogP contribution in [0.25, 0.3) is 0 Å². The van der Waals surface area contributed by atoms with Gasteiger partial charge in [0.1, 0.15) is 0 Å². The van der Waals surface area contributed by atoms with E-state index in [1.165, 1.54) is 38.5 Å². The molecule has 0 aromatic carbocycles. The highest BCUT2D eigenvalue weighted by Gasteiger charge is 2.54. The van der Waals surface area contributed by atoms with Gasteiger partial charge in [-0.3, -0.25) is 4.79 Å². The van der Waals surface area contributed by atoms with Gasteiger partial charge in [0.25, 0.3) is 0 Å². The van der Waals surface area contributed by atoms with Crippen molar-refractivity contribution in [2.75, 3.05) is 0 Å². The van der Waals surface area contributed by atoms with E-state index in [1.54, 1.807) is 0 Å². The molecule has 4 fully saturated rings. The van der Waals surface area contributed by atoms with Crippen LogP contribution in [0, 0.1) is 29.1 Å². The highest BCUT2D eigenvalue weighted by Crippen LogP contribution is 2.60. The Bertz CT molecular complexity index is 307. The highest BCUT2D eigenvalue weighted by atomic mass is 16.2. The second-order valence-electron chi connectivity index (χ2n) is 8.56. The van der Waals surface area contributed by atoms with Gasteiger partial charge in [0.15, 0.2) is 0 Å². The van der Waals surface area contributed by atoms with E-state index in [1.807, 2.05) is 0 Å². The molecule has 4 rings (SSSR count). The molecule has 1 amide bonds. The second kappa shape index (κ2) is 6.07. The molecule has 4 bridgehead atoms. The molecule has 0 unspecified atom stereocenters. The fourth-order valence-corrected chi connectivity index (χ4v) is 4.80. The van der Waals surface area contributed by atoms with E-state index in [0.717, 1.165) is 23.7 Å². The Labute approximate surface area is 125 Å². The van der Waals surface area contributed by atoms with Crippen LogP contribution < -0.4 is 5.32 Å². The number of rotatable bonds is 2. The second-order valence-corrected chi connectivity index (χ2v) is 8.56. The van der Waals surface area contributed by atoms with Crippen molar-refractivity contribution < 1.29 is 4.79 Å². The lowest BCUT2D eigenvalue weighted by atomic mass is 9.49. The van der Waals surface area contributed by atoms with E-state index in [-0.39, 0.29) is 5.41 Å². The summed E-state index contributed by atoms with van der Waals surface area (Å²) >= 11 is 0. The molecule has 0 aromatic rings. The predicted molar refractivity (Wildman–Crippen MR) is 84.4 cm³/mol. The van der Waals surface area contributed by atoms with E-state index in [0.29, 0.717) is 11.9 Å². The smallest absolute Gasteiger partial charge is 0.226 e. The summed E-state index contributed by atoms with van der Waals surface area (Å²) in [5.74, 6) is 3.79. The minimum Gasteiger partial charge on any atom is -0.353 e. The predicted octanol–water partition coefficient (Wildman–Crippen LogP) is 4.39. The first-order valence-electron chi connectivity index (χ1n) is 8.61. The molecule has 0 heterocycles. The lowest BCUT2D eigenvalue weighted by Crippen LogP contribution is -2.54. The van der Waals surface area contributed by atoms with E-state index in [4.69, 9.17) is 0 Å². The SMILES string of the molecule is CC(C)C.CC(C)NC(=O)C12CC3CC(CC(C3)C1)C2. The summed E-state index contributed by atoms with van der Waals surface area (Å²) in [5, 5.41) is 3.16. The summed E-state index contributed by atoms with van der Waals surface area (Å²) in [6, 6.07) is 0.292. The van der Waals surface area contributed by atoms with Crippen molar-refractivity contribution in [2.45, 2.75) is 79.2 Å². The van der Waals surface area contributed by atoms with Crippen LogP contribution in [0.2, 0.25) is 0 Å². The average molecular weight is 279 g/mol. The first kappa shape index (κ1) is 15.9. The zero-order chi connectivity index (χ0) is 14.9. The first-order valence-corrected chi connectivity index (χ1v) is 8.61. The van der Waals surface area contributed by atoms with Crippen molar-refractivity contribution in [1.82, 2.24) is 5.32 Å². The van der Waals surface area contributed by atoms with E-state index < -0.39 is 0 Å². The lowest BCUT2D eigenvalue weighted by molar-refractivity contribution is -0.146. The van der Waals surface area contributed by atoms with Gasteiger partial charge in [0, 0.05) is 11.5 Å². The van der Waals surface area contributed by atoms with Crippen LogP contribution in [0.15, 0.2) is 0 Å². The van der Waals surface area contributed by atoms with Crippen LogP contribution >= 0.6 is 0 Å². The van der Waals surface area contributed by atoms with Gasteiger partial charge < -0.3 is 5.32 Å². The standard InChI is InChI=1S/C14H23NO.C4H10/c1-9(2)15-13(16)14-6-10-3-11(7-14)5-12(4-10)8-14;1-4(2)3/h9-12H,3-8H2,1-2H3,(H,15,16);4H,1-3H3. The molecule has 116 valence electrons. The number of amides is 1. The van der Waals surface area contributed by atoms with Gasteiger partial charge in [0.05, 0.1) is 0 Å². The van der Waals surface area contributed by atoms with Crippen molar-refractivity contribution in [2.24, 2.45) is 29.1 Å². The van der Waals surface area contributed by atoms with E-state index in [2.05, 4.69) is 39.9 Å². The number of nitrogens with one attached hydrogen (secondary N) is 1. The Balaban J connectivity index is 0.000000328. The van der Waals surface area contributed by atoms with Gasteiger partial charge in [-0.15, -0.1) is 0 Å². The van der Waals surface area contributed by atoms with Crippen LogP contribution in [0.1, 0.15) is 73.1 Å². The van der Waals surface area contributed by atoms with Gasteiger partial charge >= 0.3 is 0 Å². The third-order valence-corrected chi connectivity index (χ3v) is 4.94. The lowest BCUT2D eigenvalue weighted by Gasteiger charge is -2.55. The average Bonchev–Trinajstić information content (AvgIpc) is 2.24. The first-order chi connectivity index (χ1) is 9.30. The molecule has 0 saturated heterocycles. The maximum absolute atomic E-state index is 12.4. The molecule has 20 heavy (non-hydrogen) atoms. The van der Waals surface area contributed by atoms with Crippen LogP contribution in [-0.2, 0) is 4.79 Å². The third-order valence-electron chi connectivity index (χ3n) is 4.94. The molecular formula is C18H33NO.